The lowest BCUT2D eigenvalue weighted by molar-refractivity contribution is -0.164. The Bertz CT molecular complexity index is 999. The highest BCUT2D eigenvalue weighted by Gasteiger charge is 2.48. The number of benzene rings is 2. The minimum absolute atomic E-state index is 0.0554. The first kappa shape index (κ1) is 21.9. The van der Waals surface area contributed by atoms with Crippen molar-refractivity contribution in [2.45, 2.75) is 38.6 Å². The second-order valence-electron chi connectivity index (χ2n) is 8.87. The predicted octanol–water partition coefficient (Wildman–Crippen LogP) is 3.63. The van der Waals surface area contributed by atoms with Gasteiger partial charge in [-0.1, -0.05) is 61.9 Å². The van der Waals surface area contributed by atoms with Crippen molar-refractivity contribution >= 4 is 18.0 Å². The number of amides is 2. The van der Waals surface area contributed by atoms with Crippen LogP contribution in [0.5, 0.6) is 0 Å². The molecule has 2 aliphatic rings. The molecule has 1 fully saturated rings. The minimum atomic E-state index is -0.920. The van der Waals surface area contributed by atoms with E-state index in [1.165, 1.54) is 4.90 Å². The number of carbonyl (C=O) groups excluding carboxylic acids is 2. The van der Waals surface area contributed by atoms with Gasteiger partial charge in [0.25, 0.3) is 0 Å². The fourth-order valence-corrected chi connectivity index (χ4v) is 4.64. The molecule has 1 saturated heterocycles. The fraction of sp³-hybridized carbons (Fsp3) is 0.400. The van der Waals surface area contributed by atoms with Crippen LogP contribution in [0, 0.1) is 5.41 Å². The van der Waals surface area contributed by atoms with Gasteiger partial charge in [0.1, 0.15) is 12.6 Å². The van der Waals surface area contributed by atoms with E-state index in [1.807, 2.05) is 43.3 Å². The summed E-state index contributed by atoms with van der Waals surface area (Å²) in [7, 11) is 0. The van der Waals surface area contributed by atoms with Crippen LogP contribution < -0.4 is 5.32 Å². The summed E-state index contributed by atoms with van der Waals surface area (Å²) >= 11 is 0. The van der Waals surface area contributed by atoms with Crippen LogP contribution in [0.4, 0.5) is 4.79 Å². The Kier molecular flexibility index (Phi) is 5.91. The van der Waals surface area contributed by atoms with Crippen molar-refractivity contribution < 1.29 is 24.2 Å². The molecule has 1 aliphatic carbocycles. The quantitative estimate of drug-likeness (QED) is 0.691. The van der Waals surface area contributed by atoms with Gasteiger partial charge < -0.3 is 20.1 Å². The number of carbonyl (C=O) groups is 3. The molecule has 0 saturated carbocycles. The number of rotatable bonds is 7. The second-order valence-corrected chi connectivity index (χ2v) is 8.87. The Morgan fingerprint density at radius 1 is 1.09 bits per heavy atom. The average molecular weight is 437 g/mol. The van der Waals surface area contributed by atoms with Crippen molar-refractivity contribution in [3.05, 3.63) is 59.7 Å². The number of ether oxygens (including phenoxy) is 1. The molecular weight excluding hydrogens is 408 g/mol. The molecule has 32 heavy (non-hydrogen) atoms. The van der Waals surface area contributed by atoms with Crippen LogP contribution in [0.15, 0.2) is 48.5 Å². The first-order chi connectivity index (χ1) is 15.3. The maximum atomic E-state index is 12.8. The molecule has 2 amide bonds. The zero-order valence-corrected chi connectivity index (χ0v) is 18.3. The topological polar surface area (TPSA) is 95.9 Å². The van der Waals surface area contributed by atoms with Gasteiger partial charge in [-0.2, -0.15) is 0 Å². The Morgan fingerprint density at radius 3 is 2.19 bits per heavy atom. The lowest BCUT2D eigenvalue weighted by atomic mass is 9.81. The van der Waals surface area contributed by atoms with Gasteiger partial charge in [0.05, 0.1) is 5.41 Å². The lowest BCUT2D eigenvalue weighted by Gasteiger charge is -2.46. The lowest BCUT2D eigenvalue weighted by Crippen LogP contribution is -2.64. The number of carboxylic acids is 1. The number of alkyl carbamates (subject to hydrolysis) is 1. The third kappa shape index (κ3) is 3.95. The van der Waals surface area contributed by atoms with Crippen LogP contribution in [0.1, 0.15) is 43.7 Å². The Balaban J connectivity index is 1.39. The number of carboxylic acid groups (broad SMARTS) is 1. The summed E-state index contributed by atoms with van der Waals surface area (Å²) in [5, 5.41) is 12.0. The van der Waals surface area contributed by atoms with Crippen LogP contribution in [-0.4, -0.2) is 53.7 Å². The Morgan fingerprint density at radius 2 is 1.66 bits per heavy atom. The molecule has 0 aromatic heterocycles. The maximum absolute atomic E-state index is 12.8. The van der Waals surface area contributed by atoms with E-state index in [-0.39, 0.29) is 31.5 Å². The number of nitrogens with one attached hydrogen (secondary N) is 1. The molecule has 0 radical (unpaired) electrons. The molecule has 2 aromatic rings. The molecule has 0 bridgehead atoms. The summed E-state index contributed by atoms with van der Waals surface area (Å²) in [6, 6.07) is 15.5. The smallest absolute Gasteiger partial charge is 0.407 e. The number of aliphatic carboxylic acids is 1. The summed E-state index contributed by atoms with van der Waals surface area (Å²) in [5.41, 5.74) is 3.62. The molecule has 2 aromatic carbocycles. The SMILES string of the molecule is CCCC(NC(=O)OCC1c2ccccc2-c2ccccc21)C(=O)N1CC(C)(C(=O)O)C1. The van der Waals surface area contributed by atoms with Crippen LogP contribution in [0.25, 0.3) is 11.1 Å². The van der Waals surface area contributed by atoms with Crippen LogP contribution >= 0.6 is 0 Å². The van der Waals surface area contributed by atoms with Crippen molar-refractivity contribution in [1.29, 1.82) is 0 Å². The molecule has 0 spiro atoms. The largest absolute Gasteiger partial charge is 0.481 e. The van der Waals surface area contributed by atoms with E-state index in [4.69, 9.17) is 4.74 Å². The van der Waals surface area contributed by atoms with E-state index in [9.17, 15) is 19.5 Å². The standard InChI is InChI=1S/C25H28N2O5/c1-3-8-21(22(28)27-14-25(2,15-27)23(29)30)26-24(31)32-13-20-18-11-6-4-9-16(18)17-10-5-7-12-19(17)20/h4-7,9-12,20-21H,3,8,13-15H2,1-2H3,(H,26,31)(H,29,30). The molecular formula is C25H28N2O5. The van der Waals surface area contributed by atoms with Gasteiger partial charge in [-0.15, -0.1) is 0 Å². The average Bonchev–Trinajstić information content (AvgIpc) is 3.08. The summed E-state index contributed by atoms with van der Waals surface area (Å²) in [4.78, 5) is 38.2. The van der Waals surface area contributed by atoms with Crippen molar-refractivity contribution in [2.24, 2.45) is 5.41 Å². The highest BCUT2D eigenvalue weighted by Crippen LogP contribution is 2.44. The van der Waals surface area contributed by atoms with Crippen molar-refractivity contribution in [2.75, 3.05) is 19.7 Å². The first-order valence-corrected chi connectivity index (χ1v) is 11.0. The molecule has 7 nitrogen and oxygen atoms in total. The normalized spacial score (nSPS) is 17.0. The third-order valence-corrected chi connectivity index (χ3v) is 6.42. The summed E-state index contributed by atoms with van der Waals surface area (Å²) in [6.45, 7) is 4.01. The van der Waals surface area contributed by atoms with Crippen molar-refractivity contribution in [3.8, 4) is 11.1 Å². The van der Waals surface area contributed by atoms with Gasteiger partial charge in [-0.05, 0) is 35.6 Å². The highest BCUT2D eigenvalue weighted by atomic mass is 16.5. The number of nitrogens with zero attached hydrogens (tertiary/aromatic N) is 1. The summed E-state index contributed by atoms with van der Waals surface area (Å²) < 4.78 is 5.56. The number of fused-ring (bicyclic) bond motifs is 3. The molecule has 1 atom stereocenters. The monoisotopic (exact) mass is 436 g/mol. The van der Waals surface area contributed by atoms with E-state index < -0.39 is 23.5 Å². The molecule has 1 aliphatic heterocycles. The molecule has 4 rings (SSSR count). The van der Waals surface area contributed by atoms with Gasteiger partial charge >= 0.3 is 12.1 Å². The number of hydrogen-bond donors (Lipinski definition) is 2. The first-order valence-electron chi connectivity index (χ1n) is 11.0. The van der Waals surface area contributed by atoms with Crippen LogP contribution in [-0.2, 0) is 14.3 Å². The molecule has 7 heteroatoms. The molecule has 2 N–H and O–H groups in total. The highest BCUT2D eigenvalue weighted by molar-refractivity contribution is 5.88. The van der Waals surface area contributed by atoms with E-state index in [0.29, 0.717) is 12.8 Å². The van der Waals surface area contributed by atoms with Gasteiger partial charge in [0.2, 0.25) is 5.91 Å². The Labute approximate surface area is 187 Å². The van der Waals surface area contributed by atoms with Crippen molar-refractivity contribution in [1.82, 2.24) is 10.2 Å². The predicted molar refractivity (Wildman–Crippen MR) is 119 cm³/mol. The number of hydrogen-bond acceptors (Lipinski definition) is 4. The van der Waals surface area contributed by atoms with Crippen LogP contribution in [0.3, 0.4) is 0 Å². The maximum Gasteiger partial charge on any atom is 0.407 e. The molecule has 168 valence electrons. The van der Waals surface area contributed by atoms with E-state index in [0.717, 1.165) is 22.3 Å². The van der Waals surface area contributed by atoms with Gasteiger partial charge in [0.15, 0.2) is 0 Å². The molecule has 1 unspecified atom stereocenters. The van der Waals surface area contributed by atoms with Gasteiger partial charge in [0, 0.05) is 19.0 Å². The molecule has 1 heterocycles. The number of likely N-dealkylation sites (tertiary alicyclic amines) is 1. The fourth-order valence-electron chi connectivity index (χ4n) is 4.64. The zero-order chi connectivity index (χ0) is 22.9. The van der Waals surface area contributed by atoms with Crippen molar-refractivity contribution in [3.63, 3.8) is 0 Å². The van der Waals surface area contributed by atoms with Gasteiger partial charge in [-0.25, -0.2) is 4.79 Å². The third-order valence-electron chi connectivity index (χ3n) is 6.42. The summed E-state index contributed by atoms with van der Waals surface area (Å²) in [5.74, 6) is -1.24. The van der Waals surface area contributed by atoms with Crippen LogP contribution in [0.2, 0.25) is 0 Å². The van der Waals surface area contributed by atoms with E-state index in [1.54, 1.807) is 6.92 Å². The van der Waals surface area contributed by atoms with E-state index in [2.05, 4.69) is 17.4 Å². The Hall–Kier alpha value is -3.35. The van der Waals surface area contributed by atoms with Gasteiger partial charge in [-0.3, -0.25) is 9.59 Å². The van der Waals surface area contributed by atoms with E-state index >= 15 is 0 Å². The minimum Gasteiger partial charge on any atom is -0.481 e. The zero-order valence-electron chi connectivity index (χ0n) is 18.3. The summed E-state index contributed by atoms with van der Waals surface area (Å²) in [6.07, 6.45) is 0.521. The second kappa shape index (κ2) is 8.65.